The average molecular weight is 221 g/mol. The monoisotopic (exact) mass is 221 g/mol. The largest absolute Gasteiger partial charge is 0.409 e. The predicted molar refractivity (Wildman–Crippen MR) is 65.6 cm³/mol. The first-order valence-electron chi connectivity index (χ1n) is 5.50. The second kappa shape index (κ2) is 6.12. The number of rotatable bonds is 5. The second-order valence-corrected chi connectivity index (χ2v) is 3.65. The molecule has 0 bridgehead atoms. The minimum absolute atomic E-state index is 0.154. The van der Waals surface area contributed by atoms with Crippen LogP contribution in [0.1, 0.15) is 25.0 Å². The summed E-state index contributed by atoms with van der Waals surface area (Å²) in [6.45, 7) is 7.20. The number of amidine groups is 1. The van der Waals surface area contributed by atoms with Crippen molar-refractivity contribution >= 4 is 5.84 Å². The molecular formula is C12H19N3O. The van der Waals surface area contributed by atoms with E-state index < -0.39 is 0 Å². The second-order valence-electron chi connectivity index (χ2n) is 3.65. The van der Waals surface area contributed by atoms with Crippen molar-refractivity contribution in [1.82, 2.24) is 4.90 Å². The van der Waals surface area contributed by atoms with Crippen LogP contribution in [0.25, 0.3) is 0 Å². The Morgan fingerprint density at radius 2 is 2.06 bits per heavy atom. The fourth-order valence-corrected chi connectivity index (χ4v) is 1.59. The van der Waals surface area contributed by atoms with E-state index in [1.807, 2.05) is 24.3 Å². The van der Waals surface area contributed by atoms with Gasteiger partial charge >= 0.3 is 0 Å². The van der Waals surface area contributed by atoms with Gasteiger partial charge < -0.3 is 10.9 Å². The van der Waals surface area contributed by atoms with Crippen LogP contribution >= 0.6 is 0 Å². The molecule has 0 aliphatic rings. The van der Waals surface area contributed by atoms with Crippen molar-refractivity contribution in [2.24, 2.45) is 10.9 Å². The first-order chi connectivity index (χ1) is 7.71. The fraction of sp³-hybridized carbons (Fsp3) is 0.417. The maximum Gasteiger partial charge on any atom is 0.170 e. The first kappa shape index (κ1) is 12.5. The molecule has 0 radical (unpaired) electrons. The lowest BCUT2D eigenvalue weighted by atomic mass is 10.1. The summed E-state index contributed by atoms with van der Waals surface area (Å²) >= 11 is 0. The topological polar surface area (TPSA) is 61.8 Å². The summed E-state index contributed by atoms with van der Waals surface area (Å²) in [5.74, 6) is 0.154. The summed E-state index contributed by atoms with van der Waals surface area (Å²) in [6.07, 6.45) is 0. The van der Waals surface area contributed by atoms with Gasteiger partial charge in [0.15, 0.2) is 5.84 Å². The van der Waals surface area contributed by atoms with Crippen LogP contribution < -0.4 is 5.73 Å². The lowest BCUT2D eigenvalue weighted by Crippen LogP contribution is -2.22. The van der Waals surface area contributed by atoms with Gasteiger partial charge in [0.25, 0.3) is 0 Å². The molecule has 0 aromatic heterocycles. The van der Waals surface area contributed by atoms with Gasteiger partial charge in [-0.2, -0.15) is 0 Å². The molecule has 88 valence electrons. The zero-order valence-electron chi connectivity index (χ0n) is 9.85. The third kappa shape index (κ3) is 3.24. The molecule has 3 N–H and O–H groups in total. The average Bonchev–Trinajstić information content (AvgIpc) is 2.35. The molecule has 4 nitrogen and oxygen atoms in total. The molecule has 0 aliphatic carbocycles. The van der Waals surface area contributed by atoms with Crippen LogP contribution in [0.4, 0.5) is 0 Å². The van der Waals surface area contributed by atoms with Gasteiger partial charge in [-0.05, 0) is 24.7 Å². The third-order valence-corrected chi connectivity index (χ3v) is 2.63. The van der Waals surface area contributed by atoms with E-state index in [9.17, 15) is 0 Å². The molecule has 0 aliphatic heterocycles. The van der Waals surface area contributed by atoms with Crippen LogP contribution in [-0.2, 0) is 6.54 Å². The Hall–Kier alpha value is -1.55. The third-order valence-electron chi connectivity index (χ3n) is 2.63. The number of hydrogen-bond donors (Lipinski definition) is 2. The summed E-state index contributed by atoms with van der Waals surface area (Å²) in [5.41, 5.74) is 7.48. The first-order valence-corrected chi connectivity index (χ1v) is 5.50. The number of nitrogens with zero attached hydrogens (tertiary/aromatic N) is 2. The molecule has 0 atom stereocenters. The Bertz CT molecular complexity index is 359. The predicted octanol–water partition coefficient (Wildman–Crippen LogP) is 1.62. The Morgan fingerprint density at radius 1 is 1.38 bits per heavy atom. The van der Waals surface area contributed by atoms with Crippen molar-refractivity contribution in [2.45, 2.75) is 20.4 Å². The van der Waals surface area contributed by atoms with Crippen LogP contribution in [0.15, 0.2) is 29.4 Å². The van der Waals surface area contributed by atoms with Gasteiger partial charge in [0.2, 0.25) is 0 Å². The van der Waals surface area contributed by atoms with Gasteiger partial charge in [0.1, 0.15) is 0 Å². The van der Waals surface area contributed by atoms with Gasteiger partial charge in [0, 0.05) is 12.1 Å². The molecule has 1 rings (SSSR count). The Balaban J connectivity index is 2.82. The van der Waals surface area contributed by atoms with Crippen molar-refractivity contribution in [3.8, 4) is 0 Å². The molecule has 0 amide bonds. The Kier molecular flexibility index (Phi) is 4.79. The van der Waals surface area contributed by atoms with Crippen LogP contribution in [0.5, 0.6) is 0 Å². The number of benzene rings is 1. The van der Waals surface area contributed by atoms with Crippen molar-refractivity contribution in [2.75, 3.05) is 13.1 Å². The van der Waals surface area contributed by atoms with Crippen LogP contribution in [0.2, 0.25) is 0 Å². The highest BCUT2D eigenvalue weighted by Crippen LogP contribution is 2.08. The van der Waals surface area contributed by atoms with Gasteiger partial charge in [-0.15, -0.1) is 0 Å². The zero-order chi connectivity index (χ0) is 12.0. The summed E-state index contributed by atoms with van der Waals surface area (Å²) in [5, 5.41) is 11.6. The van der Waals surface area contributed by atoms with E-state index >= 15 is 0 Å². The molecule has 1 aromatic rings. The van der Waals surface area contributed by atoms with Gasteiger partial charge in [-0.25, -0.2) is 0 Å². The van der Waals surface area contributed by atoms with Crippen LogP contribution in [0, 0.1) is 0 Å². The van der Waals surface area contributed by atoms with Crippen LogP contribution in [0.3, 0.4) is 0 Å². The molecule has 0 saturated carbocycles. The summed E-state index contributed by atoms with van der Waals surface area (Å²) in [4.78, 5) is 2.31. The zero-order valence-corrected chi connectivity index (χ0v) is 9.85. The van der Waals surface area contributed by atoms with Crippen molar-refractivity contribution in [3.63, 3.8) is 0 Å². The van der Waals surface area contributed by atoms with Crippen molar-refractivity contribution in [1.29, 1.82) is 0 Å². The fourth-order valence-electron chi connectivity index (χ4n) is 1.59. The van der Waals surface area contributed by atoms with Crippen LogP contribution in [-0.4, -0.2) is 29.0 Å². The summed E-state index contributed by atoms with van der Waals surface area (Å²) in [6, 6.07) is 7.76. The lowest BCUT2D eigenvalue weighted by molar-refractivity contribution is 0.296. The SMILES string of the molecule is CCN(CC)Cc1cccc(/C(N)=N/O)c1. The van der Waals surface area contributed by atoms with E-state index in [1.165, 1.54) is 5.56 Å². The molecule has 0 heterocycles. The maximum atomic E-state index is 8.61. The lowest BCUT2D eigenvalue weighted by Gasteiger charge is -2.18. The molecule has 1 aromatic carbocycles. The summed E-state index contributed by atoms with van der Waals surface area (Å²) < 4.78 is 0. The smallest absolute Gasteiger partial charge is 0.170 e. The number of nitrogens with two attached hydrogens (primary N) is 1. The Morgan fingerprint density at radius 3 is 2.62 bits per heavy atom. The molecular weight excluding hydrogens is 202 g/mol. The van der Waals surface area contributed by atoms with Crippen molar-refractivity contribution < 1.29 is 5.21 Å². The highest BCUT2D eigenvalue weighted by molar-refractivity contribution is 5.97. The summed E-state index contributed by atoms with van der Waals surface area (Å²) in [7, 11) is 0. The van der Waals surface area contributed by atoms with E-state index in [0.717, 1.165) is 25.2 Å². The Labute approximate surface area is 96.4 Å². The van der Waals surface area contributed by atoms with Crippen molar-refractivity contribution in [3.05, 3.63) is 35.4 Å². The van der Waals surface area contributed by atoms with E-state index in [1.54, 1.807) is 0 Å². The maximum absolute atomic E-state index is 8.61. The molecule has 0 spiro atoms. The standard InChI is InChI=1S/C12H19N3O/c1-3-15(4-2)9-10-6-5-7-11(8-10)12(13)14-16/h5-8,16H,3-4,9H2,1-2H3,(H2,13,14). The van der Waals surface area contributed by atoms with Gasteiger partial charge in [0.05, 0.1) is 0 Å². The molecule has 0 unspecified atom stereocenters. The normalized spacial score (nSPS) is 12.1. The van der Waals surface area contributed by atoms with E-state index in [2.05, 4.69) is 23.9 Å². The molecule has 16 heavy (non-hydrogen) atoms. The van der Waals surface area contributed by atoms with Gasteiger partial charge in [-0.1, -0.05) is 37.2 Å². The minimum atomic E-state index is 0.154. The highest BCUT2D eigenvalue weighted by Gasteiger charge is 2.03. The van der Waals surface area contributed by atoms with E-state index in [0.29, 0.717) is 0 Å². The molecule has 0 saturated heterocycles. The quantitative estimate of drug-likeness (QED) is 0.344. The molecule has 4 heteroatoms. The number of oxime groups is 1. The molecule has 0 fully saturated rings. The van der Waals surface area contributed by atoms with E-state index in [4.69, 9.17) is 10.9 Å². The number of hydrogen-bond acceptors (Lipinski definition) is 3. The minimum Gasteiger partial charge on any atom is -0.409 e. The van der Waals surface area contributed by atoms with Gasteiger partial charge in [-0.3, -0.25) is 4.90 Å². The highest BCUT2D eigenvalue weighted by atomic mass is 16.4. The van der Waals surface area contributed by atoms with E-state index in [-0.39, 0.29) is 5.84 Å².